The van der Waals surface area contributed by atoms with Crippen molar-refractivity contribution in [2.75, 3.05) is 0 Å². The maximum Gasteiger partial charge on any atom is 0.0867 e. The number of pyridine rings is 1. The highest BCUT2D eigenvalue weighted by Gasteiger charge is 2.10. The maximum atomic E-state index is 6.01. The van der Waals surface area contributed by atoms with Crippen LogP contribution < -0.4 is 0 Å². The predicted octanol–water partition coefficient (Wildman–Crippen LogP) is 4.50. The third-order valence-electron chi connectivity index (χ3n) is 3.19. The molecule has 0 aliphatic carbocycles. The SMILES string of the molecule is Cc1ccc(-c2[nH]c3cc(Cl)ccc3c2C)nc1. The Morgan fingerprint density at radius 3 is 2.67 bits per heavy atom. The van der Waals surface area contributed by atoms with Gasteiger partial charge in [0.1, 0.15) is 0 Å². The van der Waals surface area contributed by atoms with Crippen molar-refractivity contribution in [3.63, 3.8) is 0 Å². The number of aromatic amines is 1. The van der Waals surface area contributed by atoms with E-state index >= 15 is 0 Å². The van der Waals surface area contributed by atoms with E-state index in [9.17, 15) is 0 Å². The number of aromatic nitrogens is 2. The fourth-order valence-electron chi connectivity index (χ4n) is 2.18. The summed E-state index contributed by atoms with van der Waals surface area (Å²) < 4.78 is 0. The molecule has 3 rings (SSSR count). The molecule has 0 bridgehead atoms. The molecule has 3 aromatic rings. The van der Waals surface area contributed by atoms with E-state index in [1.807, 2.05) is 37.4 Å². The zero-order chi connectivity index (χ0) is 12.7. The number of aryl methyl sites for hydroxylation is 2. The molecule has 2 heterocycles. The molecular formula is C15H13ClN2. The number of fused-ring (bicyclic) bond motifs is 1. The van der Waals surface area contributed by atoms with Crippen LogP contribution in [0, 0.1) is 13.8 Å². The van der Waals surface area contributed by atoms with Crippen molar-refractivity contribution < 1.29 is 0 Å². The lowest BCUT2D eigenvalue weighted by atomic mass is 10.1. The summed E-state index contributed by atoms with van der Waals surface area (Å²) in [5.74, 6) is 0. The third kappa shape index (κ3) is 1.79. The van der Waals surface area contributed by atoms with Crippen LogP contribution >= 0.6 is 11.6 Å². The van der Waals surface area contributed by atoms with E-state index < -0.39 is 0 Å². The average Bonchev–Trinajstić information content (AvgIpc) is 2.67. The smallest absolute Gasteiger partial charge is 0.0867 e. The van der Waals surface area contributed by atoms with E-state index in [-0.39, 0.29) is 0 Å². The van der Waals surface area contributed by atoms with E-state index in [1.165, 1.54) is 10.9 Å². The lowest BCUT2D eigenvalue weighted by molar-refractivity contribution is 1.24. The lowest BCUT2D eigenvalue weighted by Gasteiger charge is -1.99. The number of nitrogens with one attached hydrogen (secondary N) is 1. The van der Waals surface area contributed by atoms with Gasteiger partial charge < -0.3 is 4.98 Å². The highest BCUT2D eigenvalue weighted by Crippen LogP contribution is 2.29. The van der Waals surface area contributed by atoms with Gasteiger partial charge in [0, 0.05) is 22.1 Å². The van der Waals surface area contributed by atoms with Crippen LogP contribution in [0.15, 0.2) is 36.5 Å². The highest BCUT2D eigenvalue weighted by atomic mass is 35.5. The Morgan fingerprint density at radius 2 is 1.94 bits per heavy atom. The minimum Gasteiger partial charge on any atom is -0.353 e. The van der Waals surface area contributed by atoms with E-state index in [0.717, 1.165) is 27.5 Å². The normalized spacial score (nSPS) is 11.1. The molecule has 0 amide bonds. The molecule has 0 atom stereocenters. The molecule has 0 spiro atoms. The lowest BCUT2D eigenvalue weighted by Crippen LogP contribution is -1.85. The molecule has 1 N–H and O–H groups in total. The van der Waals surface area contributed by atoms with Crippen LogP contribution in [-0.2, 0) is 0 Å². The van der Waals surface area contributed by atoms with Gasteiger partial charge in [0.05, 0.1) is 11.4 Å². The molecule has 2 aromatic heterocycles. The van der Waals surface area contributed by atoms with Gasteiger partial charge in [-0.2, -0.15) is 0 Å². The van der Waals surface area contributed by atoms with Crippen molar-refractivity contribution in [2.45, 2.75) is 13.8 Å². The molecule has 0 aliphatic rings. The van der Waals surface area contributed by atoms with Gasteiger partial charge in [0.15, 0.2) is 0 Å². The molecule has 0 unspecified atom stereocenters. The van der Waals surface area contributed by atoms with Crippen LogP contribution in [0.3, 0.4) is 0 Å². The average molecular weight is 257 g/mol. The topological polar surface area (TPSA) is 28.7 Å². The maximum absolute atomic E-state index is 6.01. The third-order valence-corrected chi connectivity index (χ3v) is 3.42. The standard InChI is InChI=1S/C15H13ClN2/c1-9-3-6-13(17-8-9)15-10(2)12-5-4-11(16)7-14(12)18-15/h3-8,18H,1-2H3. The zero-order valence-electron chi connectivity index (χ0n) is 10.3. The summed E-state index contributed by atoms with van der Waals surface area (Å²) in [6.45, 7) is 4.14. The number of benzene rings is 1. The van der Waals surface area contributed by atoms with E-state index in [4.69, 9.17) is 11.6 Å². The summed E-state index contributed by atoms with van der Waals surface area (Å²) in [6, 6.07) is 10.0. The molecule has 90 valence electrons. The molecule has 0 radical (unpaired) electrons. The quantitative estimate of drug-likeness (QED) is 0.682. The Labute approximate surface area is 111 Å². The fraction of sp³-hybridized carbons (Fsp3) is 0.133. The first-order valence-corrected chi connectivity index (χ1v) is 6.24. The molecule has 0 aliphatic heterocycles. The van der Waals surface area contributed by atoms with Gasteiger partial charge in [-0.15, -0.1) is 0 Å². The van der Waals surface area contributed by atoms with Crippen molar-refractivity contribution in [1.82, 2.24) is 9.97 Å². The molecule has 0 fully saturated rings. The highest BCUT2D eigenvalue weighted by molar-refractivity contribution is 6.31. The van der Waals surface area contributed by atoms with Crippen LogP contribution in [0.25, 0.3) is 22.3 Å². The van der Waals surface area contributed by atoms with Crippen LogP contribution in [0.5, 0.6) is 0 Å². The number of rotatable bonds is 1. The van der Waals surface area contributed by atoms with Crippen molar-refractivity contribution in [1.29, 1.82) is 0 Å². The number of hydrogen-bond acceptors (Lipinski definition) is 1. The number of halogens is 1. The first-order valence-electron chi connectivity index (χ1n) is 5.86. The van der Waals surface area contributed by atoms with Crippen molar-refractivity contribution in [3.05, 3.63) is 52.7 Å². The summed E-state index contributed by atoms with van der Waals surface area (Å²) >= 11 is 6.01. The molecular weight excluding hydrogens is 244 g/mol. The fourth-order valence-corrected chi connectivity index (χ4v) is 2.35. The predicted molar refractivity (Wildman–Crippen MR) is 76.0 cm³/mol. The van der Waals surface area contributed by atoms with Crippen LogP contribution in [0.1, 0.15) is 11.1 Å². The summed E-state index contributed by atoms with van der Waals surface area (Å²) in [4.78, 5) is 7.86. The van der Waals surface area contributed by atoms with Crippen molar-refractivity contribution >= 4 is 22.5 Å². The van der Waals surface area contributed by atoms with Crippen molar-refractivity contribution in [3.8, 4) is 11.4 Å². The Kier molecular flexibility index (Phi) is 2.60. The van der Waals surface area contributed by atoms with E-state index in [2.05, 4.69) is 23.0 Å². The number of hydrogen-bond donors (Lipinski definition) is 1. The zero-order valence-corrected chi connectivity index (χ0v) is 11.0. The first-order chi connectivity index (χ1) is 8.65. The van der Waals surface area contributed by atoms with Crippen LogP contribution in [0.4, 0.5) is 0 Å². The van der Waals surface area contributed by atoms with Gasteiger partial charge in [-0.05, 0) is 43.2 Å². The number of nitrogens with zero attached hydrogens (tertiary/aromatic N) is 1. The van der Waals surface area contributed by atoms with Crippen LogP contribution in [-0.4, -0.2) is 9.97 Å². The minimum absolute atomic E-state index is 0.743. The minimum atomic E-state index is 0.743. The molecule has 0 saturated heterocycles. The van der Waals surface area contributed by atoms with E-state index in [0.29, 0.717) is 0 Å². The first kappa shape index (κ1) is 11.3. The monoisotopic (exact) mass is 256 g/mol. The van der Waals surface area contributed by atoms with Crippen LogP contribution in [0.2, 0.25) is 5.02 Å². The molecule has 2 nitrogen and oxygen atoms in total. The second-order valence-electron chi connectivity index (χ2n) is 4.54. The Morgan fingerprint density at radius 1 is 1.11 bits per heavy atom. The molecule has 3 heteroatoms. The summed E-state index contributed by atoms with van der Waals surface area (Å²) in [6.07, 6.45) is 1.88. The Bertz CT molecular complexity index is 711. The molecule has 1 aromatic carbocycles. The van der Waals surface area contributed by atoms with Gasteiger partial charge in [0.2, 0.25) is 0 Å². The summed E-state index contributed by atoms with van der Waals surface area (Å²) in [5, 5.41) is 1.93. The van der Waals surface area contributed by atoms with Gasteiger partial charge in [-0.1, -0.05) is 23.7 Å². The Hall–Kier alpha value is -1.80. The van der Waals surface area contributed by atoms with Gasteiger partial charge in [-0.25, -0.2) is 0 Å². The Balaban J connectivity index is 2.23. The largest absolute Gasteiger partial charge is 0.353 e. The molecule has 0 saturated carbocycles. The molecule has 18 heavy (non-hydrogen) atoms. The summed E-state index contributed by atoms with van der Waals surface area (Å²) in [5.41, 5.74) is 5.45. The number of H-pyrrole nitrogens is 1. The van der Waals surface area contributed by atoms with E-state index in [1.54, 1.807) is 0 Å². The van der Waals surface area contributed by atoms with Gasteiger partial charge in [-0.3, -0.25) is 4.98 Å². The summed E-state index contributed by atoms with van der Waals surface area (Å²) in [7, 11) is 0. The second kappa shape index (κ2) is 4.14. The second-order valence-corrected chi connectivity index (χ2v) is 4.97. The van der Waals surface area contributed by atoms with Crippen molar-refractivity contribution in [2.24, 2.45) is 0 Å². The van der Waals surface area contributed by atoms with Gasteiger partial charge in [0.25, 0.3) is 0 Å². The van der Waals surface area contributed by atoms with Gasteiger partial charge >= 0.3 is 0 Å².